The van der Waals surface area contributed by atoms with Crippen molar-refractivity contribution in [2.75, 3.05) is 0 Å². The van der Waals surface area contributed by atoms with Gasteiger partial charge in [0.2, 0.25) is 4.73 Å². The molecule has 0 aliphatic heterocycles. The van der Waals surface area contributed by atoms with Gasteiger partial charge < -0.3 is 4.52 Å². The largest absolute Gasteiger partial charge is 0.333 e. The monoisotopic (exact) mass is 336 g/mol. The Morgan fingerprint density at radius 2 is 2.07 bits per heavy atom. The van der Waals surface area contributed by atoms with Crippen LogP contribution in [0.4, 0.5) is 0 Å². The standard InChI is InChI=1S/C8H3Br2ClN2O/c9-5-3-1-2-4(6(5)11)7-12-8(10)13-14-7/h1-3H. The van der Waals surface area contributed by atoms with Gasteiger partial charge in [0.1, 0.15) is 0 Å². The lowest BCUT2D eigenvalue weighted by Crippen LogP contribution is -1.80. The molecule has 3 nitrogen and oxygen atoms in total. The molecule has 1 aromatic carbocycles. The van der Waals surface area contributed by atoms with Crippen molar-refractivity contribution in [1.29, 1.82) is 0 Å². The summed E-state index contributed by atoms with van der Waals surface area (Å²) in [6.45, 7) is 0. The van der Waals surface area contributed by atoms with Gasteiger partial charge in [0.05, 0.1) is 10.6 Å². The number of benzene rings is 1. The van der Waals surface area contributed by atoms with Crippen molar-refractivity contribution in [3.05, 3.63) is 32.4 Å². The van der Waals surface area contributed by atoms with Gasteiger partial charge >= 0.3 is 0 Å². The third kappa shape index (κ3) is 1.85. The highest BCUT2D eigenvalue weighted by Gasteiger charge is 2.12. The molecule has 1 heterocycles. The van der Waals surface area contributed by atoms with Gasteiger partial charge in [0, 0.05) is 4.47 Å². The van der Waals surface area contributed by atoms with Crippen molar-refractivity contribution in [2.24, 2.45) is 0 Å². The molecule has 1 aromatic heterocycles. The van der Waals surface area contributed by atoms with Gasteiger partial charge in [0.15, 0.2) is 0 Å². The van der Waals surface area contributed by atoms with Crippen molar-refractivity contribution in [3.63, 3.8) is 0 Å². The van der Waals surface area contributed by atoms with Crippen molar-refractivity contribution < 1.29 is 4.52 Å². The second-order valence-corrected chi connectivity index (χ2v) is 4.41. The zero-order valence-electron chi connectivity index (χ0n) is 6.67. The number of hydrogen-bond acceptors (Lipinski definition) is 3. The molecule has 0 unspecified atom stereocenters. The number of halogens is 3. The molecule has 14 heavy (non-hydrogen) atoms. The van der Waals surface area contributed by atoms with E-state index in [4.69, 9.17) is 16.1 Å². The molecule has 0 radical (unpaired) electrons. The van der Waals surface area contributed by atoms with E-state index >= 15 is 0 Å². The number of hydrogen-bond donors (Lipinski definition) is 0. The van der Waals surface area contributed by atoms with Crippen LogP contribution in [0, 0.1) is 0 Å². The summed E-state index contributed by atoms with van der Waals surface area (Å²) < 4.78 is 6.18. The molecular weight excluding hydrogens is 335 g/mol. The molecule has 0 saturated carbocycles. The molecule has 0 N–H and O–H groups in total. The van der Waals surface area contributed by atoms with Gasteiger partial charge in [-0.3, -0.25) is 0 Å². The van der Waals surface area contributed by atoms with E-state index in [9.17, 15) is 0 Å². The highest BCUT2D eigenvalue weighted by molar-refractivity contribution is 9.10. The van der Waals surface area contributed by atoms with Crippen LogP contribution in [0.2, 0.25) is 5.02 Å². The van der Waals surface area contributed by atoms with Crippen molar-refractivity contribution >= 4 is 43.5 Å². The zero-order valence-corrected chi connectivity index (χ0v) is 10.6. The zero-order chi connectivity index (χ0) is 10.1. The summed E-state index contributed by atoms with van der Waals surface area (Å²) in [5.41, 5.74) is 0.708. The fourth-order valence-corrected chi connectivity index (χ4v) is 1.79. The second kappa shape index (κ2) is 4.00. The Labute approximate surface area is 102 Å². The molecule has 0 amide bonds. The van der Waals surface area contributed by atoms with E-state index < -0.39 is 0 Å². The summed E-state index contributed by atoms with van der Waals surface area (Å²) in [4.78, 5) is 4.02. The second-order valence-electron chi connectivity index (χ2n) is 2.47. The van der Waals surface area contributed by atoms with Gasteiger partial charge in [-0.15, -0.1) is 0 Å². The Morgan fingerprint density at radius 1 is 1.29 bits per heavy atom. The van der Waals surface area contributed by atoms with E-state index in [1.54, 1.807) is 0 Å². The fraction of sp³-hybridized carbons (Fsp3) is 0. The summed E-state index contributed by atoms with van der Waals surface area (Å²) in [7, 11) is 0. The Kier molecular flexibility index (Phi) is 2.90. The van der Waals surface area contributed by atoms with E-state index in [-0.39, 0.29) is 0 Å². The highest BCUT2D eigenvalue weighted by Crippen LogP contribution is 2.32. The molecule has 72 valence electrons. The molecule has 2 aromatic rings. The topological polar surface area (TPSA) is 38.9 Å². The van der Waals surface area contributed by atoms with Gasteiger partial charge in [-0.2, -0.15) is 4.98 Å². The number of aromatic nitrogens is 2. The lowest BCUT2D eigenvalue weighted by Gasteiger charge is -1.99. The Balaban J connectivity index is 2.57. The van der Waals surface area contributed by atoms with Crippen LogP contribution in [0.3, 0.4) is 0 Å². The van der Waals surface area contributed by atoms with Crippen LogP contribution in [0.1, 0.15) is 0 Å². The number of nitrogens with zero attached hydrogens (tertiary/aromatic N) is 2. The molecule has 0 atom stereocenters. The maximum absolute atomic E-state index is 6.05. The predicted octanol–water partition coefficient (Wildman–Crippen LogP) is 3.92. The minimum atomic E-state index is 0.392. The van der Waals surface area contributed by atoms with Crippen molar-refractivity contribution in [2.45, 2.75) is 0 Å². The van der Waals surface area contributed by atoms with E-state index in [0.29, 0.717) is 21.2 Å². The third-order valence-corrected chi connectivity index (χ3v) is 3.20. The first-order valence-corrected chi connectivity index (χ1v) is 5.58. The van der Waals surface area contributed by atoms with E-state index in [1.165, 1.54) is 0 Å². The van der Waals surface area contributed by atoms with Crippen LogP contribution in [0.5, 0.6) is 0 Å². The lowest BCUT2D eigenvalue weighted by molar-refractivity contribution is 0.426. The van der Waals surface area contributed by atoms with Crippen LogP contribution >= 0.6 is 43.5 Å². The van der Waals surface area contributed by atoms with Gasteiger partial charge in [-0.25, -0.2) is 0 Å². The Bertz CT molecular complexity index is 472. The van der Waals surface area contributed by atoms with E-state index in [1.807, 2.05) is 18.2 Å². The Hall–Kier alpha value is -0.390. The van der Waals surface area contributed by atoms with Crippen LogP contribution in [0.15, 0.2) is 31.9 Å². The molecule has 0 bridgehead atoms. The fourth-order valence-electron chi connectivity index (χ4n) is 0.984. The van der Waals surface area contributed by atoms with Crippen LogP contribution in [-0.4, -0.2) is 10.1 Å². The van der Waals surface area contributed by atoms with Gasteiger partial charge in [-0.05, 0) is 49.1 Å². The van der Waals surface area contributed by atoms with Crippen LogP contribution in [0.25, 0.3) is 11.5 Å². The summed E-state index contributed by atoms with van der Waals surface area (Å²) in [6, 6.07) is 5.51. The summed E-state index contributed by atoms with van der Waals surface area (Å²) in [5.74, 6) is 0.392. The molecular formula is C8H3Br2ClN2O. The van der Waals surface area contributed by atoms with Crippen molar-refractivity contribution in [3.8, 4) is 11.5 Å². The van der Waals surface area contributed by atoms with E-state index in [2.05, 4.69) is 42.0 Å². The summed E-state index contributed by atoms with van der Waals surface area (Å²) in [5, 5.41) is 4.18. The quantitative estimate of drug-likeness (QED) is 0.791. The maximum atomic E-state index is 6.05. The van der Waals surface area contributed by atoms with Crippen LogP contribution < -0.4 is 0 Å². The summed E-state index contributed by atoms with van der Waals surface area (Å²) >= 11 is 12.5. The average molecular weight is 338 g/mol. The highest BCUT2D eigenvalue weighted by atomic mass is 79.9. The molecule has 2 rings (SSSR count). The molecule has 0 saturated heterocycles. The molecule has 0 spiro atoms. The first-order valence-electron chi connectivity index (χ1n) is 3.62. The summed E-state index contributed by atoms with van der Waals surface area (Å²) in [6.07, 6.45) is 0. The first kappa shape index (κ1) is 10.1. The number of rotatable bonds is 1. The van der Waals surface area contributed by atoms with E-state index in [0.717, 1.165) is 4.47 Å². The first-order chi connectivity index (χ1) is 6.68. The van der Waals surface area contributed by atoms with Crippen LogP contribution in [-0.2, 0) is 0 Å². The lowest BCUT2D eigenvalue weighted by atomic mass is 10.2. The SMILES string of the molecule is Clc1c(Br)cccc1-c1nc(Br)no1. The minimum Gasteiger partial charge on any atom is -0.333 e. The maximum Gasteiger partial charge on any atom is 0.260 e. The van der Waals surface area contributed by atoms with Crippen molar-refractivity contribution in [1.82, 2.24) is 10.1 Å². The minimum absolute atomic E-state index is 0.392. The Morgan fingerprint density at radius 3 is 2.71 bits per heavy atom. The normalized spacial score (nSPS) is 10.5. The molecule has 0 aliphatic carbocycles. The molecule has 0 fully saturated rings. The van der Waals surface area contributed by atoms with Gasteiger partial charge in [0.25, 0.3) is 5.89 Å². The smallest absolute Gasteiger partial charge is 0.260 e. The third-order valence-electron chi connectivity index (χ3n) is 1.58. The molecule has 0 aliphatic rings. The predicted molar refractivity (Wildman–Crippen MR) is 60.1 cm³/mol. The average Bonchev–Trinajstić information content (AvgIpc) is 2.57. The molecule has 6 heteroatoms. The van der Waals surface area contributed by atoms with Gasteiger partial charge in [-0.1, -0.05) is 17.7 Å².